The van der Waals surface area contributed by atoms with Crippen LogP contribution in [0, 0.1) is 3.57 Å². The highest BCUT2D eigenvalue weighted by Crippen LogP contribution is 2.31. The number of hydrogen-bond acceptors (Lipinski definition) is 4. The minimum absolute atomic E-state index is 0.221. The number of ether oxygens (including phenoxy) is 1. The van der Waals surface area contributed by atoms with Gasteiger partial charge >= 0.3 is 5.91 Å². The van der Waals surface area contributed by atoms with E-state index in [0.29, 0.717) is 5.58 Å². The summed E-state index contributed by atoms with van der Waals surface area (Å²) in [4.78, 5) is 12.1. The lowest BCUT2D eigenvalue weighted by Crippen LogP contribution is -2.16. The zero-order chi connectivity index (χ0) is 17.1. The Hall–Kier alpha value is -1.87. The number of carbonyl (C=O) groups is 1. The van der Waals surface area contributed by atoms with Crippen LogP contribution in [0.15, 0.2) is 56.5 Å². The maximum atomic E-state index is 12.1. The Morgan fingerprint density at radius 3 is 2.83 bits per heavy atom. The highest BCUT2D eigenvalue weighted by atomic mass is 127. The molecule has 1 heterocycles. The monoisotopic (exact) mass is 498 g/mol. The molecule has 3 rings (SSSR count). The van der Waals surface area contributed by atoms with E-state index in [1.54, 1.807) is 19.4 Å². The lowest BCUT2D eigenvalue weighted by molar-refractivity contribution is 0.0929. The number of para-hydroxylation sites is 1. The Bertz CT molecular complexity index is 880. The van der Waals surface area contributed by atoms with E-state index in [2.05, 4.69) is 49.0 Å². The van der Waals surface area contributed by atoms with Crippen molar-refractivity contribution in [1.82, 2.24) is 5.43 Å². The van der Waals surface area contributed by atoms with Crippen molar-refractivity contribution in [1.29, 1.82) is 0 Å². The van der Waals surface area contributed by atoms with E-state index in [4.69, 9.17) is 9.15 Å². The van der Waals surface area contributed by atoms with Crippen LogP contribution in [0.4, 0.5) is 0 Å². The van der Waals surface area contributed by atoms with Crippen molar-refractivity contribution in [3.63, 3.8) is 0 Å². The van der Waals surface area contributed by atoms with Gasteiger partial charge < -0.3 is 9.15 Å². The number of rotatable bonds is 4. The van der Waals surface area contributed by atoms with Crippen molar-refractivity contribution in [2.24, 2.45) is 5.10 Å². The Morgan fingerprint density at radius 1 is 1.33 bits per heavy atom. The van der Waals surface area contributed by atoms with Crippen molar-refractivity contribution < 1.29 is 13.9 Å². The fourth-order valence-corrected chi connectivity index (χ4v) is 4.04. The predicted octanol–water partition coefficient (Wildman–Crippen LogP) is 4.57. The minimum Gasteiger partial charge on any atom is -0.494 e. The standard InChI is InChI=1S/C17H12BrIN2O3/c1-23-16-12(18)6-10(7-13(16)19)9-20-21-17(22)15-8-11-4-2-3-5-14(11)24-15/h2-9H,1H3,(H,21,22)/b20-9+. The number of furan rings is 1. The van der Waals surface area contributed by atoms with Gasteiger partial charge in [-0.2, -0.15) is 5.10 Å². The number of nitrogens with one attached hydrogen (secondary N) is 1. The number of carbonyl (C=O) groups excluding carboxylic acids is 1. The third-order valence-electron chi connectivity index (χ3n) is 3.25. The third-order valence-corrected chi connectivity index (χ3v) is 4.64. The van der Waals surface area contributed by atoms with E-state index < -0.39 is 5.91 Å². The summed E-state index contributed by atoms with van der Waals surface area (Å²) < 4.78 is 12.5. The van der Waals surface area contributed by atoms with Gasteiger partial charge in [0.15, 0.2) is 5.76 Å². The minimum atomic E-state index is -0.398. The molecule has 2 aromatic carbocycles. The number of nitrogens with zero attached hydrogens (tertiary/aromatic N) is 1. The summed E-state index contributed by atoms with van der Waals surface area (Å²) >= 11 is 5.62. The molecule has 7 heteroatoms. The number of amides is 1. The maximum absolute atomic E-state index is 12.1. The molecule has 0 spiro atoms. The zero-order valence-electron chi connectivity index (χ0n) is 12.5. The molecule has 3 aromatic rings. The van der Waals surface area contributed by atoms with Gasteiger partial charge in [-0.3, -0.25) is 4.79 Å². The Labute approximate surface area is 160 Å². The van der Waals surface area contributed by atoms with Crippen LogP contribution in [-0.4, -0.2) is 19.2 Å². The molecule has 0 saturated carbocycles. The van der Waals surface area contributed by atoms with Crippen LogP contribution in [0.3, 0.4) is 0 Å². The first kappa shape index (κ1) is 17.0. The second kappa shape index (κ2) is 7.35. The number of fused-ring (bicyclic) bond motifs is 1. The van der Waals surface area contributed by atoms with E-state index in [1.807, 2.05) is 36.4 Å². The quantitative estimate of drug-likeness (QED) is 0.325. The number of hydrazone groups is 1. The average molecular weight is 499 g/mol. The van der Waals surface area contributed by atoms with E-state index >= 15 is 0 Å². The van der Waals surface area contributed by atoms with Crippen molar-refractivity contribution in [2.75, 3.05) is 7.11 Å². The molecule has 0 unspecified atom stereocenters. The topological polar surface area (TPSA) is 63.8 Å². The Kier molecular flexibility index (Phi) is 5.20. The second-order valence-corrected chi connectivity index (χ2v) is 6.88. The number of hydrogen-bond donors (Lipinski definition) is 1. The fraction of sp³-hybridized carbons (Fsp3) is 0.0588. The molecule has 0 aliphatic carbocycles. The Balaban J connectivity index is 1.73. The molecule has 1 aromatic heterocycles. The lowest BCUT2D eigenvalue weighted by atomic mass is 10.2. The first-order chi connectivity index (χ1) is 11.6. The van der Waals surface area contributed by atoms with Gasteiger partial charge in [0.05, 0.1) is 21.4 Å². The van der Waals surface area contributed by atoms with Crippen molar-refractivity contribution >= 4 is 61.6 Å². The molecule has 0 aliphatic heterocycles. The molecule has 1 N–H and O–H groups in total. The average Bonchev–Trinajstić information content (AvgIpc) is 2.98. The fourth-order valence-electron chi connectivity index (χ4n) is 2.16. The van der Waals surface area contributed by atoms with E-state index in [-0.39, 0.29) is 5.76 Å². The van der Waals surface area contributed by atoms with Gasteiger partial charge in [0.1, 0.15) is 11.3 Å². The summed E-state index contributed by atoms with van der Waals surface area (Å²) in [5.41, 5.74) is 3.96. The van der Waals surface area contributed by atoms with Gasteiger partial charge in [-0.25, -0.2) is 5.43 Å². The lowest BCUT2D eigenvalue weighted by Gasteiger charge is -2.06. The van der Waals surface area contributed by atoms with Gasteiger partial charge in [-0.15, -0.1) is 0 Å². The molecule has 0 saturated heterocycles. The number of benzene rings is 2. The van der Waals surface area contributed by atoms with Gasteiger partial charge in [-0.05, 0) is 68.3 Å². The first-order valence-corrected chi connectivity index (χ1v) is 8.80. The summed E-state index contributed by atoms with van der Waals surface area (Å²) in [5.74, 6) is 0.586. The Morgan fingerprint density at radius 2 is 2.12 bits per heavy atom. The second-order valence-electron chi connectivity index (χ2n) is 4.87. The number of methoxy groups -OCH3 is 1. The van der Waals surface area contributed by atoms with E-state index in [1.165, 1.54) is 0 Å². The molecule has 0 aliphatic rings. The van der Waals surface area contributed by atoms with E-state index in [9.17, 15) is 4.79 Å². The molecule has 0 radical (unpaired) electrons. The van der Waals surface area contributed by atoms with Crippen LogP contribution in [0.1, 0.15) is 16.1 Å². The molecule has 0 bridgehead atoms. The molecular weight excluding hydrogens is 487 g/mol. The van der Waals surface area contributed by atoms with Gasteiger partial charge in [0.2, 0.25) is 0 Å². The van der Waals surface area contributed by atoms with Gasteiger partial charge in [0, 0.05) is 5.39 Å². The first-order valence-electron chi connectivity index (χ1n) is 6.93. The molecule has 0 fully saturated rings. The highest BCUT2D eigenvalue weighted by Gasteiger charge is 2.11. The van der Waals surface area contributed by atoms with Crippen LogP contribution >= 0.6 is 38.5 Å². The summed E-state index contributed by atoms with van der Waals surface area (Å²) in [6.07, 6.45) is 1.56. The van der Waals surface area contributed by atoms with Gasteiger partial charge in [-0.1, -0.05) is 18.2 Å². The van der Waals surface area contributed by atoms with Crippen LogP contribution in [0.2, 0.25) is 0 Å². The molecule has 1 amide bonds. The van der Waals surface area contributed by atoms with Crippen molar-refractivity contribution in [3.05, 3.63) is 61.8 Å². The molecule has 0 atom stereocenters. The molecule has 5 nitrogen and oxygen atoms in total. The summed E-state index contributed by atoms with van der Waals surface area (Å²) in [5, 5.41) is 4.85. The number of halogens is 2. The third kappa shape index (κ3) is 3.62. The SMILES string of the molecule is COc1c(Br)cc(/C=N/NC(=O)c2cc3ccccc3o2)cc1I. The smallest absolute Gasteiger partial charge is 0.307 e. The van der Waals surface area contributed by atoms with Crippen molar-refractivity contribution in [2.45, 2.75) is 0 Å². The molecule has 24 heavy (non-hydrogen) atoms. The zero-order valence-corrected chi connectivity index (χ0v) is 16.3. The van der Waals surface area contributed by atoms with E-state index in [0.717, 1.165) is 24.7 Å². The predicted molar refractivity (Wildman–Crippen MR) is 105 cm³/mol. The molecular formula is C17H12BrIN2O3. The normalized spacial score (nSPS) is 11.1. The van der Waals surface area contributed by atoms with Crippen molar-refractivity contribution in [3.8, 4) is 5.75 Å². The van der Waals surface area contributed by atoms with Crippen LogP contribution in [-0.2, 0) is 0 Å². The van der Waals surface area contributed by atoms with Gasteiger partial charge in [0.25, 0.3) is 0 Å². The summed E-state index contributed by atoms with van der Waals surface area (Å²) in [7, 11) is 1.61. The summed E-state index contributed by atoms with van der Waals surface area (Å²) in [6.45, 7) is 0. The van der Waals surface area contributed by atoms with Crippen LogP contribution in [0.25, 0.3) is 11.0 Å². The summed E-state index contributed by atoms with van der Waals surface area (Å²) in [6, 6.07) is 12.9. The largest absolute Gasteiger partial charge is 0.494 e. The maximum Gasteiger partial charge on any atom is 0.307 e. The highest BCUT2D eigenvalue weighted by molar-refractivity contribution is 14.1. The van der Waals surface area contributed by atoms with Crippen LogP contribution in [0.5, 0.6) is 5.75 Å². The van der Waals surface area contributed by atoms with Crippen LogP contribution < -0.4 is 10.2 Å². The molecule has 122 valence electrons.